The van der Waals surface area contributed by atoms with Crippen LogP contribution in [0.15, 0.2) is 12.1 Å². The van der Waals surface area contributed by atoms with E-state index in [2.05, 4.69) is 52.1 Å². The van der Waals surface area contributed by atoms with Crippen LogP contribution in [0.25, 0.3) is 10.9 Å². The van der Waals surface area contributed by atoms with Gasteiger partial charge in [-0.25, -0.2) is 0 Å². The van der Waals surface area contributed by atoms with Crippen LogP contribution in [0.2, 0.25) is 0 Å². The summed E-state index contributed by atoms with van der Waals surface area (Å²) in [5, 5.41) is 4.76. The van der Waals surface area contributed by atoms with E-state index in [4.69, 9.17) is 4.98 Å². The molecule has 0 atom stereocenters. The Morgan fingerprint density at radius 3 is 2.45 bits per heavy atom. The number of fused-ring (bicyclic) bond motifs is 2. The predicted octanol–water partition coefficient (Wildman–Crippen LogP) is 7.20. The van der Waals surface area contributed by atoms with E-state index in [0.717, 1.165) is 47.2 Å². The molecule has 0 saturated heterocycles. The highest BCUT2D eigenvalue weighted by atomic mass is 35.5. The zero-order chi connectivity index (χ0) is 20.3. The van der Waals surface area contributed by atoms with Gasteiger partial charge in [-0.05, 0) is 43.7 Å². The van der Waals surface area contributed by atoms with E-state index in [1.54, 1.807) is 0 Å². The topological polar surface area (TPSA) is 42.0 Å². The van der Waals surface area contributed by atoms with E-state index in [9.17, 15) is 4.79 Å². The van der Waals surface area contributed by atoms with E-state index in [1.807, 2.05) is 0 Å². The van der Waals surface area contributed by atoms with Crippen LogP contribution in [0.4, 0.5) is 5.69 Å². The first-order valence-electron chi connectivity index (χ1n) is 11.0. The first-order chi connectivity index (χ1) is 13.3. The lowest BCUT2D eigenvalue weighted by Crippen LogP contribution is -2.29. The Balaban J connectivity index is 0.00000300. The minimum Gasteiger partial charge on any atom is -0.384 e. The summed E-state index contributed by atoms with van der Waals surface area (Å²) in [5.41, 5.74) is 6.30. The smallest absolute Gasteiger partial charge is 0.167 e. The number of carbonyl (C=O) groups is 1. The van der Waals surface area contributed by atoms with Gasteiger partial charge in [0.25, 0.3) is 0 Å². The number of nitrogens with one attached hydrogen (secondary N) is 1. The number of Topliss-reactive ketones (excluding diaryl/α,β-unsaturated/α-hetero) is 1. The standard InChI is InChI=1S/C25H36N2O.ClH/c1-6-7-8-9-10-11-12-26-24-19-14-17(2)13-18(3)23(19)27-20-15-25(4,5)16-21(28)22(20)24;/h13-14H,6-12,15-16H2,1-5H3,(H,26,27);1H. The van der Waals surface area contributed by atoms with Crippen molar-refractivity contribution >= 4 is 34.8 Å². The van der Waals surface area contributed by atoms with Crippen molar-refractivity contribution in [3.8, 4) is 0 Å². The Morgan fingerprint density at radius 2 is 1.72 bits per heavy atom. The molecule has 0 spiro atoms. The zero-order valence-corrected chi connectivity index (χ0v) is 19.6. The SMILES string of the molecule is CCCCCCCCNc1c2c(nc3c(C)cc(C)cc13)CC(C)(C)CC2=O.Cl. The molecule has 0 radical (unpaired) electrons. The molecule has 0 fully saturated rings. The second kappa shape index (κ2) is 9.93. The van der Waals surface area contributed by atoms with Gasteiger partial charge in [-0.15, -0.1) is 12.4 Å². The van der Waals surface area contributed by atoms with Crippen LogP contribution >= 0.6 is 12.4 Å². The van der Waals surface area contributed by atoms with Gasteiger partial charge in [0.2, 0.25) is 0 Å². The second-order valence-corrected chi connectivity index (χ2v) is 9.42. The molecule has 0 bridgehead atoms. The number of aryl methyl sites for hydroxylation is 2. The summed E-state index contributed by atoms with van der Waals surface area (Å²) in [4.78, 5) is 18.0. The number of hydrogen-bond acceptors (Lipinski definition) is 3. The largest absolute Gasteiger partial charge is 0.384 e. The minimum atomic E-state index is -0.0140. The van der Waals surface area contributed by atoms with Crippen LogP contribution in [0, 0.1) is 19.3 Å². The molecular weight excluding hydrogens is 380 g/mol. The monoisotopic (exact) mass is 416 g/mol. The molecule has 29 heavy (non-hydrogen) atoms. The van der Waals surface area contributed by atoms with Gasteiger partial charge in [0.1, 0.15) is 0 Å². The van der Waals surface area contributed by atoms with E-state index in [0.29, 0.717) is 6.42 Å². The van der Waals surface area contributed by atoms with Gasteiger partial charge in [0, 0.05) is 18.4 Å². The van der Waals surface area contributed by atoms with E-state index in [-0.39, 0.29) is 23.6 Å². The van der Waals surface area contributed by atoms with Gasteiger partial charge in [-0.3, -0.25) is 9.78 Å². The fourth-order valence-corrected chi connectivity index (χ4v) is 4.54. The quantitative estimate of drug-likeness (QED) is 0.462. The maximum Gasteiger partial charge on any atom is 0.167 e. The van der Waals surface area contributed by atoms with Crippen LogP contribution in [-0.4, -0.2) is 17.3 Å². The molecule has 0 aliphatic heterocycles. The number of ketones is 1. The highest BCUT2D eigenvalue weighted by molar-refractivity contribution is 6.10. The van der Waals surface area contributed by atoms with Crippen molar-refractivity contribution in [2.45, 2.75) is 86.0 Å². The Morgan fingerprint density at radius 1 is 1.03 bits per heavy atom. The van der Waals surface area contributed by atoms with E-state index in [1.165, 1.54) is 43.2 Å². The third kappa shape index (κ3) is 5.51. The summed E-state index contributed by atoms with van der Waals surface area (Å²) in [6.45, 7) is 11.8. The van der Waals surface area contributed by atoms with Crippen LogP contribution in [-0.2, 0) is 6.42 Å². The molecule has 160 valence electrons. The second-order valence-electron chi connectivity index (χ2n) is 9.42. The fraction of sp³-hybridized carbons (Fsp3) is 0.600. The zero-order valence-electron chi connectivity index (χ0n) is 18.8. The lowest BCUT2D eigenvalue weighted by atomic mass is 9.75. The summed E-state index contributed by atoms with van der Waals surface area (Å²) in [7, 11) is 0. The van der Waals surface area contributed by atoms with Crippen LogP contribution in [0.1, 0.15) is 92.9 Å². The molecule has 0 amide bonds. The van der Waals surface area contributed by atoms with Gasteiger partial charge in [0.15, 0.2) is 5.78 Å². The number of halogens is 1. The van der Waals surface area contributed by atoms with Crippen molar-refractivity contribution < 1.29 is 4.79 Å². The Bertz CT molecular complexity index is 873. The maximum atomic E-state index is 13.1. The highest BCUT2D eigenvalue weighted by Crippen LogP contribution is 2.40. The number of nitrogens with zero attached hydrogens (tertiary/aromatic N) is 1. The summed E-state index contributed by atoms with van der Waals surface area (Å²) >= 11 is 0. The predicted molar refractivity (Wildman–Crippen MR) is 127 cm³/mol. The highest BCUT2D eigenvalue weighted by Gasteiger charge is 2.34. The lowest BCUT2D eigenvalue weighted by molar-refractivity contribution is 0.0911. The summed E-state index contributed by atoms with van der Waals surface area (Å²) in [6.07, 6.45) is 9.10. The Labute approximate surface area is 182 Å². The molecule has 0 saturated carbocycles. The van der Waals surface area contributed by atoms with Crippen molar-refractivity contribution in [2.24, 2.45) is 5.41 Å². The molecule has 2 aromatic rings. The number of benzene rings is 1. The number of unbranched alkanes of at least 4 members (excludes halogenated alkanes) is 5. The number of pyridine rings is 1. The molecule has 1 aliphatic carbocycles. The van der Waals surface area contributed by atoms with Crippen LogP contribution in [0.3, 0.4) is 0 Å². The van der Waals surface area contributed by atoms with Gasteiger partial charge in [-0.1, -0.05) is 64.5 Å². The van der Waals surface area contributed by atoms with Crippen LogP contribution < -0.4 is 5.32 Å². The Kier molecular flexibility index (Phi) is 8.10. The van der Waals surface area contributed by atoms with Crippen molar-refractivity contribution in [2.75, 3.05) is 11.9 Å². The van der Waals surface area contributed by atoms with Gasteiger partial charge < -0.3 is 5.32 Å². The maximum absolute atomic E-state index is 13.1. The summed E-state index contributed by atoms with van der Waals surface area (Å²) < 4.78 is 0. The number of aromatic nitrogens is 1. The summed E-state index contributed by atoms with van der Waals surface area (Å²) in [6, 6.07) is 4.38. The molecule has 1 aliphatic rings. The minimum absolute atomic E-state index is 0. The van der Waals surface area contributed by atoms with Gasteiger partial charge >= 0.3 is 0 Å². The average Bonchev–Trinajstić information content (AvgIpc) is 2.60. The molecule has 1 N–H and O–H groups in total. The van der Waals surface area contributed by atoms with E-state index >= 15 is 0 Å². The van der Waals surface area contributed by atoms with Crippen molar-refractivity contribution in [1.29, 1.82) is 0 Å². The molecule has 1 aromatic carbocycles. The molecular formula is C25H37ClN2O. The molecule has 1 aromatic heterocycles. The molecule has 4 heteroatoms. The van der Waals surface area contributed by atoms with Crippen molar-refractivity contribution in [3.63, 3.8) is 0 Å². The van der Waals surface area contributed by atoms with Gasteiger partial charge in [-0.2, -0.15) is 0 Å². The normalized spacial score (nSPS) is 15.1. The first kappa shape index (κ1) is 23.7. The van der Waals surface area contributed by atoms with E-state index < -0.39 is 0 Å². The van der Waals surface area contributed by atoms with Gasteiger partial charge in [0.05, 0.1) is 22.5 Å². The third-order valence-corrected chi connectivity index (χ3v) is 5.90. The third-order valence-electron chi connectivity index (χ3n) is 5.90. The number of carbonyl (C=O) groups excluding carboxylic acids is 1. The molecule has 3 nitrogen and oxygen atoms in total. The fourth-order valence-electron chi connectivity index (χ4n) is 4.54. The Hall–Kier alpha value is -1.61. The number of hydrogen-bond donors (Lipinski definition) is 1. The lowest BCUT2D eigenvalue weighted by Gasteiger charge is -2.31. The van der Waals surface area contributed by atoms with Crippen molar-refractivity contribution in [1.82, 2.24) is 4.98 Å². The number of anilines is 1. The molecule has 1 heterocycles. The molecule has 3 rings (SSSR count). The van der Waals surface area contributed by atoms with Crippen molar-refractivity contribution in [3.05, 3.63) is 34.5 Å². The summed E-state index contributed by atoms with van der Waals surface area (Å²) in [5.74, 6) is 0.241. The van der Waals surface area contributed by atoms with Crippen LogP contribution in [0.5, 0.6) is 0 Å². The molecule has 0 unspecified atom stereocenters. The average molecular weight is 417 g/mol. The number of rotatable bonds is 8. The first-order valence-corrected chi connectivity index (χ1v) is 11.0.